The third kappa shape index (κ3) is 3.78. The highest BCUT2D eigenvalue weighted by molar-refractivity contribution is 7.80. The number of rotatable bonds is 8. The van der Waals surface area contributed by atoms with Gasteiger partial charge in [-0.25, -0.2) is 4.98 Å². The third-order valence-electron chi connectivity index (χ3n) is 3.67. The highest BCUT2D eigenvalue weighted by atomic mass is 32.1. The van der Waals surface area contributed by atoms with E-state index in [-0.39, 0.29) is 0 Å². The summed E-state index contributed by atoms with van der Waals surface area (Å²) < 4.78 is 2.34. The maximum Gasteiger partial charge on any atom is 0.111 e. The molecule has 0 saturated carbocycles. The molecule has 1 heterocycles. The number of nitrogens with zero attached hydrogens (tertiary/aromatic N) is 2. The molecule has 1 aromatic heterocycles. The lowest BCUT2D eigenvalue weighted by Gasteiger charge is -2.33. The summed E-state index contributed by atoms with van der Waals surface area (Å²) in [6.45, 7) is 10.0. The van der Waals surface area contributed by atoms with E-state index >= 15 is 0 Å². The summed E-state index contributed by atoms with van der Waals surface area (Å²) >= 11 is 4.63. The Kier molecular flexibility index (Phi) is 6.27. The Morgan fingerprint density at radius 3 is 2.33 bits per heavy atom. The number of hydrogen-bond acceptors (Lipinski definition) is 2. The normalized spacial score (nSPS) is 12.3. The minimum Gasteiger partial charge on any atom is -0.334 e. The Hall–Kier alpha value is -0.440. The Labute approximate surface area is 118 Å². The van der Waals surface area contributed by atoms with Gasteiger partial charge in [0.2, 0.25) is 0 Å². The molecular formula is C15H28N2S. The van der Waals surface area contributed by atoms with E-state index in [4.69, 9.17) is 0 Å². The molecule has 0 bridgehead atoms. The number of aromatic nitrogens is 2. The highest BCUT2D eigenvalue weighted by Crippen LogP contribution is 2.34. The lowest BCUT2D eigenvalue weighted by atomic mass is 9.80. The van der Waals surface area contributed by atoms with Gasteiger partial charge in [-0.1, -0.05) is 40.5 Å². The van der Waals surface area contributed by atoms with Crippen molar-refractivity contribution in [2.24, 2.45) is 5.41 Å². The summed E-state index contributed by atoms with van der Waals surface area (Å²) in [7, 11) is 0. The molecule has 0 unspecified atom stereocenters. The van der Waals surface area contributed by atoms with Crippen molar-refractivity contribution in [2.45, 2.75) is 65.8 Å². The average molecular weight is 268 g/mol. The van der Waals surface area contributed by atoms with E-state index in [9.17, 15) is 0 Å². The van der Waals surface area contributed by atoms with Crippen LogP contribution in [0.15, 0.2) is 12.4 Å². The van der Waals surface area contributed by atoms with Crippen molar-refractivity contribution in [1.82, 2.24) is 9.55 Å². The third-order valence-corrected chi connectivity index (χ3v) is 4.34. The van der Waals surface area contributed by atoms with Crippen LogP contribution in [0.4, 0.5) is 0 Å². The van der Waals surface area contributed by atoms with Crippen LogP contribution in [0.2, 0.25) is 0 Å². The monoisotopic (exact) mass is 268 g/mol. The molecule has 18 heavy (non-hydrogen) atoms. The minimum absolute atomic E-state index is 0.330. The largest absolute Gasteiger partial charge is 0.334 e. The maximum absolute atomic E-state index is 4.63. The molecule has 0 aliphatic carbocycles. The standard InChI is InChI=1S/C15H28N2S/c1-5-7-15(12-18,8-6-2)11-17-10-9-16-14(17)13(3)4/h9-10,13,18H,5-8,11-12H2,1-4H3. The van der Waals surface area contributed by atoms with Crippen molar-refractivity contribution in [3.05, 3.63) is 18.2 Å². The van der Waals surface area contributed by atoms with Crippen molar-refractivity contribution in [3.63, 3.8) is 0 Å². The van der Waals surface area contributed by atoms with E-state index in [2.05, 4.69) is 56.1 Å². The van der Waals surface area contributed by atoms with Crippen LogP contribution in [-0.2, 0) is 6.54 Å². The van der Waals surface area contributed by atoms with Crippen LogP contribution in [0.3, 0.4) is 0 Å². The molecule has 0 aromatic carbocycles. The Balaban J connectivity index is 2.91. The van der Waals surface area contributed by atoms with Gasteiger partial charge in [-0.2, -0.15) is 12.6 Å². The van der Waals surface area contributed by atoms with E-state index < -0.39 is 0 Å². The lowest BCUT2D eigenvalue weighted by Crippen LogP contribution is -2.29. The van der Waals surface area contributed by atoms with Gasteiger partial charge in [0.1, 0.15) is 5.82 Å². The smallest absolute Gasteiger partial charge is 0.111 e. The number of imidazole rings is 1. The zero-order valence-electron chi connectivity index (χ0n) is 12.3. The lowest BCUT2D eigenvalue weighted by molar-refractivity contribution is 0.228. The quantitative estimate of drug-likeness (QED) is 0.686. The van der Waals surface area contributed by atoms with Gasteiger partial charge in [-0.05, 0) is 24.0 Å². The molecule has 0 amide bonds. The first-order chi connectivity index (χ1) is 8.58. The molecule has 0 fully saturated rings. The van der Waals surface area contributed by atoms with Crippen LogP contribution in [-0.4, -0.2) is 15.3 Å². The summed E-state index contributed by atoms with van der Waals surface area (Å²) in [5.41, 5.74) is 0.330. The predicted octanol–water partition coefficient (Wildman–Crippen LogP) is 4.52. The molecule has 0 saturated heterocycles. The van der Waals surface area contributed by atoms with Gasteiger partial charge < -0.3 is 4.57 Å². The summed E-state index contributed by atoms with van der Waals surface area (Å²) in [4.78, 5) is 4.49. The van der Waals surface area contributed by atoms with Gasteiger partial charge in [-0.3, -0.25) is 0 Å². The van der Waals surface area contributed by atoms with E-state index in [0.29, 0.717) is 11.3 Å². The molecule has 3 heteroatoms. The molecule has 0 radical (unpaired) electrons. The first-order valence-electron chi connectivity index (χ1n) is 7.20. The summed E-state index contributed by atoms with van der Waals surface area (Å²) in [5, 5.41) is 0. The Morgan fingerprint density at radius 1 is 1.28 bits per heavy atom. The van der Waals surface area contributed by atoms with Gasteiger partial charge in [0.15, 0.2) is 0 Å². The fraction of sp³-hybridized carbons (Fsp3) is 0.800. The number of thiol groups is 1. The van der Waals surface area contributed by atoms with Crippen molar-refractivity contribution in [2.75, 3.05) is 5.75 Å². The molecule has 0 N–H and O–H groups in total. The molecule has 1 rings (SSSR count). The molecule has 2 nitrogen and oxygen atoms in total. The van der Waals surface area contributed by atoms with Crippen molar-refractivity contribution < 1.29 is 0 Å². The first-order valence-corrected chi connectivity index (χ1v) is 7.83. The van der Waals surface area contributed by atoms with Gasteiger partial charge in [0.05, 0.1) is 0 Å². The second kappa shape index (κ2) is 7.22. The van der Waals surface area contributed by atoms with E-state index in [1.165, 1.54) is 31.5 Å². The van der Waals surface area contributed by atoms with Gasteiger partial charge >= 0.3 is 0 Å². The predicted molar refractivity (Wildman–Crippen MR) is 82.4 cm³/mol. The van der Waals surface area contributed by atoms with E-state index in [0.717, 1.165) is 12.3 Å². The highest BCUT2D eigenvalue weighted by Gasteiger charge is 2.28. The summed E-state index contributed by atoms with van der Waals surface area (Å²) in [6, 6.07) is 0. The van der Waals surface area contributed by atoms with Crippen LogP contribution < -0.4 is 0 Å². The van der Waals surface area contributed by atoms with Crippen LogP contribution in [0, 0.1) is 5.41 Å². The molecule has 0 aliphatic rings. The fourth-order valence-corrected chi connectivity index (χ4v) is 3.28. The van der Waals surface area contributed by atoms with Crippen molar-refractivity contribution in [3.8, 4) is 0 Å². The van der Waals surface area contributed by atoms with Gasteiger partial charge in [0, 0.05) is 24.9 Å². The Bertz CT molecular complexity index is 338. The zero-order valence-corrected chi connectivity index (χ0v) is 13.2. The second-order valence-corrected chi connectivity index (χ2v) is 6.04. The van der Waals surface area contributed by atoms with Crippen LogP contribution in [0.25, 0.3) is 0 Å². The van der Waals surface area contributed by atoms with E-state index in [1.54, 1.807) is 0 Å². The number of hydrogen-bond donors (Lipinski definition) is 1. The SMILES string of the molecule is CCCC(CS)(CCC)Cn1ccnc1C(C)C. The zero-order chi connectivity index (χ0) is 13.6. The molecular weight excluding hydrogens is 240 g/mol. The fourth-order valence-electron chi connectivity index (χ4n) is 2.87. The first kappa shape index (κ1) is 15.6. The van der Waals surface area contributed by atoms with Crippen LogP contribution in [0.5, 0.6) is 0 Å². The molecule has 0 aliphatic heterocycles. The summed E-state index contributed by atoms with van der Waals surface area (Å²) in [6.07, 6.45) is 9.01. The maximum atomic E-state index is 4.63. The average Bonchev–Trinajstić information content (AvgIpc) is 2.77. The topological polar surface area (TPSA) is 17.8 Å². The molecule has 0 atom stereocenters. The molecule has 1 aromatic rings. The second-order valence-electron chi connectivity index (χ2n) is 5.73. The molecule has 0 spiro atoms. The van der Waals surface area contributed by atoms with Gasteiger partial charge in [0.25, 0.3) is 0 Å². The van der Waals surface area contributed by atoms with Crippen molar-refractivity contribution >= 4 is 12.6 Å². The Morgan fingerprint density at radius 2 is 1.89 bits per heavy atom. The summed E-state index contributed by atoms with van der Waals surface area (Å²) in [5.74, 6) is 2.65. The van der Waals surface area contributed by atoms with Crippen molar-refractivity contribution in [1.29, 1.82) is 0 Å². The van der Waals surface area contributed by atoms with Crippen LogP contribution >= 0.6 is 12.6 Å². The van der Waals surface area contributed by atoms with Gasteiger partial charge in [-0.15, -0.1) is 0 Å². The molecule has 104 valence electrons. The van der Waals surface area contributed by atoms with Crippen LogP contribution in [0.1, 0.15) is 65.1 Å². The van der Waals surface area contributed by atoms with E-state index in [1.807, 2.05) is 6.20 Å². The minimum atomic E-state index is 0.330.